The molecule has 3 heterocycles. The molecular formula is C25H32F3N5O4Si. The van der Waals surface area contributed by atoms with Crippen LogP contribution in [0.2, 0.25) is 25.7 Å². The van der Waals surface area contributed by atoms with E-state index in [1.165, 1.54) is 23.2 Å². The number of aryl methyl sites for hydroxylation is 1. The fraction of sp³-hybridized carbons (Fsp3) is 0.480. The molecule has 206 valence electrons. The van der Waals surface area contributed by atoms with Gasteiger partial charge in [0.25, 0.3) is 0 Å². The van der Waals surface area contributed by atoms with Gasteiger partial charge in [-0.2, -0.15) is 13.2 Å². The number of ether oxygens (including phenoxy) is 2. The van der Waals surface area contributed by atoms with Gasteiger partial charge in [-0.3, -0.25) is 9.78 Å². The van der Waals surface area contributed by atoms with Gasteiger partial charge in [0.15, 0.2) is 11.5 Å². The van der Waals surface area contributed by atoms with E-state index in [2.05, 4.69) is 39.6 Å². The first-order valence-corrected chi connectivity index (χ1v) is 15.7. The Labute approximate surface area is 220 Å². The molecule has 0 spiro atoms. The molecule has 0 bridgehead atoms. The topological polar surface area (TPSA) is 112 Å². The van der Waals surface area contributed by atoms with Crippen molar-refractivity contribution in [2.24, 2.45) is 5.41 Å². The predicted octanol–water partition coefficient (Wildman–Crippen LogP) is 5.53. The summed E-state index contributed by atoms with van der Waals surface area (Å²) in [5.41, 5.74) is -0.0955. The van der Waals surface area contributed by atoms with Crippen LogP contribution in [0.1, 0.15) is 25.1 Å². The van der Waals surface area contributed by atoms with Crippen LogP contribution in [-0.2, 0) is 22.4 Å². The Morgan fingerprint density at radius 3 is 2.29 bits per heavy atom. The number of alkyl halides is 3. The zero-order chi connectivity index (χ0) is 28.3. The molecule has 0 aliphatic rings. The van der Waals surface area contributed by atoms with E-state index in [0.29, 0.717) is 17.9 Å². The third-order valence-corrected chi connectivity index (χ3v) is 7.40. The molecule has 0 atom stereocenters. The number of aliphatic carboxylic acids is 1. The molecule has 0 amide bonds. The number of carbonyl (C=O) groups is 1. The molecular weight excluding hydrogens is 519 g/mol. The summed E-state index contributed by atoms with van der Waals surface area (Å²) in [5.74, 6) is -0.715. The quantitative estimate of drug-likeness (QED) is 0.245. The number of imidazole rings is 1. The molecule has 0 unspecified atom stereocenters. The molecule has 3 aromatic heterocycles. The van der Waals surface area contributed by atoms with Crippen molar-refractivity contribution in [1.82, 2.24) is 24.5 Å². The number of rotatable bonds is 11. The minimum absolute atomic E-state index is 0.00372. The van der Waals surface area contributed by atoms with Crippen LogP contribution in [-0.4, -0.2) is 56.9 Å². The highest BCUT2D eigenvalue weighted by atomic mass is 28.3. The molecule has 0 fully saturated rings. The van der Waals surface area contributed by atoms with Gasteiger partial charge < -0.3 is 19.1 Å². The minimum Gasteiger partial charge on any atom is -0.481 e. The summed E-state index contributed by atoms with van der Waals surface area (Å²) in [7, 11) is -1.35. The van der Waals surface area contributed by atoms with E-state index in [4.69, 9.17) is 9.47 Å². The summed E-state index contributed by atoms with van der Waals surface area (Å²) < 4.78 is 52.6. The molecule has 3 aromatic rings. The summed E-state index contributed by atoms with van der Waals surface area (Å²) >= 11 is 0. The molecule has 3 rings (SSSR count). The highest BCUT2D eigenvalue weighted by Gasteiger charge is 2.35. The summed E-state index contributed by atoms with van der Waals surface area (Å²) in [6.07, 6.45) is 0.619. The highest BCUT2D eigenvalue weighted by Crippen LogP contribution is 2.31. The van der Waals surface area contributed by atoms with Crippen molar-refractivity contribution in [2.75, 3.05) is 13.2 Å². The van der Waals surface area contributed by atoms with Crippen LogP contribution >= 0.6 is 0 Å². The van der Waals surface area contributed by atoms with Crippen molar-refractivity contribution in [3.63, 3.8) is 0 Å². The molecule has 0 aliphatic heterocycles. The van der Waals surface area contributed by atoms with Crippen LogP contribution in [0.25, 0.3) is 22.8 Å². The van der Waals surface area contributed by atoms with Crippen LogP contribution in [0.15, 0.2) is 30.9 Å². The van der Waals surface area contributed by atoms with E-state index < -0.39 is 31.3 Å². The van der Waals surface area contributed by atoms with Gasteiger partial charge in [-0.15, -0.1) is 0 Å². The molecule has 9 nitrogen and oxygen atoms in total. The van der Waals surface area contributed by atoms with Gasteiger partial charge in [0.05, 0.1) is 23.5 Å². The SMILES string of the molecule is Cc1cc(OCC(C)(C)C(=O)O)ncc1-c1cnc(-c2nc(C(F)(F)F)cn2COCC[Si](C)(C)C)cn1. The fourth-order valence-corrected chi connectivity index (χ4v) is 3.93. The predicted molar refractivity (Wildman–Crippen MR) is 137 cm³/mol. The largest absolute Gasteiger partial charge is 0.481 e. The van der Waals surface area contributed by atoms with Crippen LogP contribution in [0.3, 0.4) is 0 Å². The lowest BCUT2D eigenvalue weighted by Gasteiger charge is -2.19. The number of aromatic nitrogens is 5. The Morgan fingerprint density at radius 1 is 1.08 bits per heavy atom. The van der Waals surface area contributed by atoms with Crippen molar-refractivity contribution in [1.29, 1.82) is 0 Å². The van der Waals surface area contributed by atoms with E-state index >= 15 is 0 Å². The Kier molecular flexibility index (Phi) is 8.61. The molecule has 0 saturated carbocycles. The van der Waals surface area contributed by atoms with E-state index in [0.717, 1.165) is 17.8 Å². The number of carboxylic acids is 1. The maximum Gasteiger partial charge on any atom is 0.434 e. The third kappa shape index (κ3) is 7.60. The Balaban J connectivity index is 1.80. The standard InChI is InChI=1S/C25H32F3N5O4Si/c1-16-9-21(37-14-24(2,3)23(34)35)31-10-17(16)18-11-30-19(12-29-18)22-32-20(25(26,27)28)13-33(22)15-36-7-8-38(4,5)6/h9-13H,7-8,14-15H2,1-6H3,(H,34,35). The third-order valence-electron chi connectivity index (χ3n) is 5.70. The van der Waals surface area contributed by atoms with Gasteiger partial charge in [-0.1, -0.05) is 19.6 Å². The van der Waals surface area contributed by atoms with Gasteiger partial charge in [-0.05, 0) is 32.4 Å². The number of hydrogen-bond acceptors (Lipinski definition) is 7. The molecule has 0 saturated heterocycles. The van der Waals surface area contributed by atoms with Crippen LogP contribution in [0, 0.1) is 12.3 Å². The van der Waals surface area contributed by atoms with E-state index in [-0.39, 0.29) is 30.7 Å². The van der Waals surface area contributed by atoms with E-state index in [1.807, 2.05) is 6.92 Å². The Hall–Kier alpha value is -3.32. The first-order valence-electron chi connectivity index (χ1n) is 11.9. The van der Waals surface area contributed by atoms with Gasteiger partial charge >= 0.3 is 12.1 Å². The summed E-state index contributed by atoms with van der Waals surface area (Å²) in [5, 5.41) is 9.23. The normalized spacial score (nSPS) is 12.6. The Morgan fingerprint density at radius 2 is 1.74 bits per heavy atom. The lowest BCUT2D eigenvalue weighted by molar-refractivity contribution is -0.148. The van der Waals surface area contributed by atoms with Gasteiger partial charge in [-0.25, -0.2) is 15.0 Å². The molecule has 1 N–H and O–H groups in total. The smallest absolute Gasteiger partial charge is 0.434 e. The van der Waals surface area contributed by atoms with Crippen molar-refractivity contribution >= 4 is 14.0 Å². The number of nitrogens with zero attached hydrogens (tertiary/aromatic N) is 5. The highest BCUT2D eigenvalue weighted by molar-refractivity contribution is 6.76. The van der Waals surface area contributed by atoms with Crippen molar-refractivity contribution in [3.8, 4) is 28.7 Å². The first kappa shape index (κ1) is 29.2. The monoisotopic (exact) mass is 551 g/mol. The van der Waals surface area contributed by atoms with Crippen molar-refractivity contribution in [2.45, 2.75) is 59.4 Å². The van der Waals surface area contributed by atoms with Crippen LogP contribution in [0.5, 0.6) is 5.88 Å². The number of pyridine rings is 1. The zero-order valence-corrected chi connectivity index (χ0v) is 23.3. The van der Waals surface area contributed by atoms with Gasteiger partial charge in [0, 0.05) is 38.7 Å². The van der Waals surface area contributed by atoms with Crippen molar-refractivity contribution in [3.05, 3.63) is 42.1 Å². The molecule has 0 aromatic carbocycles. The molecule has 0 radical (unpaired) electrons. The zero-order valence-electron chi connectivity index (χ0n) is 22.3. The van der Waals surface area contributed by atoms with Crippen molar-refractivity contribution < 1.29 is 32.5 Å². The Bertz CT molecular complexity index is 1270. The summed E-state index contributed by atoms with van der Waals surface area (Å²) in [4.78, 5) is 27.9. The summed E-state index contributed by atoms with van der Waals surface area (Å²) in [6, 6.07) is 2.54. The maximum absolute atomic E-state index is 13.4. The van der Waals surface area contributed by atoms with Gasteiger partial charge in [0.2, 0.25) is 5.88 Å². The number of halogens is 3. The lowest BCUT2D eigenvalue weighted by Crippen LogP contribution is -2.30. The second-order valence-electron chi connectivity index (χ2n) is 10.9. The number of hydrogen-bond donors (Lipinski definition) is 1. The summed E-state index contributed by atoms with van der Waals surface area (Å²) in [6.45, 7) is 11.8. The second-order valence-corrected chi connectivity index (χ2v) is 16.5. The fourth-order valence-electron chi connectivity index (χ4n) is 3.17. The van der Waals surface area contributed by atoms with E-state index in [1.54, 1.807) is 19.9 Å². The minimum atomic E-state index is -4.61. The molecule has 0 aliphatic carbocycles. The second kappa shape index (κ2) is 11.2. The average Bonchev–Trinajstić information content (AvgIpc) is 3.25. The first-order chi connectivity index (χ1) is 17.6. The number of carboxylic acid groups (broad SMARTS) is 1. The van der Waals surface area contributed by atoms with E-state index in [9.17, 15) is 23.1 Å². The average molecular weight is 552 g/mol. The van der Waals surface area contributed by atoms with Gasteiger partial charge in [0.1, 0.15) is 19.0 Å². The lowest BCUT2D eigenvalue weighted by atomic mass is 9.95. The van der Waals surface area contributed by atoms with Crippen LogP contribution < -0.4 is 4.74 Å². The molecule has 38 heavy (non-hydrogen) atoms. The van der Waals surface area contributed by atoms with Crippen LogP contribution in [0.4, 0.5) is 13.2 Å². The maximum atomic E-state index is 13.4. The molecule has 13 heteroatoms.